The molecule has 0 unspecified atom stereocenters. The van der Waals surface area contributed by atoms with Crippen LogP contribution in [0.2, 0.25) is 5.02 Å². The number of carbonyl (C=O) groups is 1. The van der Waals surface area contributed by atoms with Crippen LogP contribution < -0.4 is 5.32 Å². The summed E-state index contributed by atoms with van der Waals surface area (Å²) in [5.41, 5.74) is 2.51. The SMILES string of the molecule is O=C(NCCn1cnc2ccccc21)c1ccccc1Cl. The summed E-state index contributed by atoms with van der Waals surface area (Å²) >= 11 is 6.00. The molecule has 0 aliphatic heterocycles. The highest BCUT2D eigenvalue weighted by Gasteiger charge is 2.08. The van der Waals surface area contributed by atoms with Crippen molar-refractivity contribution >= 4 is 28.5 Å². The van der Waals surface area contributed by atoms with Crippen LogP contribution in [0, 0.1) is 0 Å². The molecule has 106 valence electrons. The third kappa shape index (κ3) is 2.90. The van der Waals surface area contributed by atoms with E-state index in [4.69, 9.17) is 11.6 Å². The Morgan fingerprint density at radius 3 is 2.76 bits per heavy atom. The predicted octanol–water partition coefficient (Wildman–Crippen LogP) is 3.12. The number of imidazole rings is 1. The van der Waals surface area contributed by atoms with Crippen molar-refractivity contribution in [3.05, 3.63) is 65.4 Å². The van der Waals surface area contributed by atoms with Gasteiger partial charge in [0, 0.05) is 13.1 Å². The number of fused-ring (bicyclic) bond motifs is 1. The summed E-state index contributed by atoms with van der Waals surface area (Å²) in [5.74, 6) is -0.162. The quantitative estimate of drug-likeness (QED) is 0.804. The Morgan fingerprint density at radius 2 is 1.90 bits per heavy atom. The molecule has 0 atom stereocenters. The first kappa shape index (κ1) is 13.6. The van der Waals surface area contributed by atoms with Gasteiger partial charge in [-0.3, -0.25) is 4.79 Å². The minimum atomic E-state index is -0.162. The Morgan fingerprint density at radius 1 is 1.14 bits per heavy atom. The number of benzene rings is 2. The zero-order valence-electron chi connectivity index (χ0n) is 11.3. The number of hydrogen-bond donors (Lipinski definition) is 1. The van der Waals surface area contributed by atoms with E-state index in [9.17, 15) is 4.79 Å². The van der Waals surface area contributed by atoms with E-state index in [1.165, 1.54) is 0 Å². The molecule has 0 radical (unpaired) electrons. The average molecular weight is 300 g/mol. The number of rotatable bonds is 4. The van der Waals surface area contributed by atoms with Crippen LogP contribution in [0.1, 0.15) is 10.4 Å². The maximum Gasteiger partial charge on any atom is 0.252 e. The number of nitrogens with one attached hydrogen (secondary N) is 1. The van der Waals surface area contributed by atoms with Crippen molar-refractivity contribution in [2.24, 2.45) is 0 Å². The van der Waals surface area contributed by atoms with Crippen molar-refractivity contribution in [2.75, 3.05) is 6.54 Å². The lowest BCUT2D eigenvalue weighted by Crippen LogP contribution is -2.27. The molecule has 0 saturated carbocycles. The zero-order valence-corrected chi connectivity index (χ0v) is 12.0. The highest BCUT2D eigenvalue weighted by Crippen LogP contribution is 2.14. The van der Waals surface area contributed by atoms with Crippen LogP contribution in [0.5, 0.6) is 0 Å². The fourth-order valence-corrected chi connectivity index (χ4v) is 2.44. The van der Waals surface area contributed by atoms with Gasteiger partial charge in [-0.2, -0.15) is 0 Å². The molecule has 1 N–H and O–H groups in total. The van der Waals surface area contributed by atoms with E-state index >= 15 is 0 Å². The molecule has 0 aliphatic rings. The van der Waals surface area contributed by atoms with Gasteiger partial charge < -0.3 is 9.88 Å². The number of carbonyl (C=O) groups excluding carboxylic acids is 1. The molecule has 1 aromatic heterocycles. The topological polar surface area (TPSA) is 46.9 Å². The summed E-state index contributed by atoms with van der Waals surface area (Å²) in [4.78, 5) is 16.4. The van der Waals surface area contributed by atoms with Crippen LogP contribution in [0.4, 0.5) is 0 Å². The van der Waals surface area contributed by atoms with Gasteiger partial charge in [-0.25, -0.2) is 4.98 Å². The Labute approximate surface area is 127 Å². The van der Waals surface area contributed by atoms with E-state index in [1.54, 1.807) is 30.6 Å². The molecular weight excluding hydrogens is 286 g/mol. The first-order valence-corrected chi connectivity index (χ1v) is 7.06. The summed E-state index contributed by atoms with van der Waals surface area (Å²) in [7, 11) is 0. The van der Waals surface area contributed by atoms with Crippen molar-refractivity contribution in [3.8, 4) is 0 Å². The summed E-state index contributed by atoms with van der Waals surface area (Å²) < 4.78 is 2.02. The molecule has 5 heteroatoms. The van der Waals surface area contributed by atoms with Gasteiger partial charge in [0.2, 0.25) is 0 Å². The summed E-state index contributed by atoms with van der Waals surface area (Å²) in [6.45, 7) is 1.18. The number of aromatic nitrogens is 2. The minimum Gasteiger partial charge on any atom is -0.350 e. The molecule has 0 fully saturated rings. The third-order valence-corrected chi connectivity index (χ3v) is 3.61. The molecule has 0 saturated heterocycles. The largest absolute Gasteiger partial charge is 0.350 e. The van der Waals surface area contributed by atoms with Gasteiger partial charge in [0.1, 0.15) is 0 Å². The molecule has 4 nitrogen and oxygen atoms in total. The summed E-state index contributed by atoms with van der Waals surface area (Å²) in [6, 6.07) is 14.9. The Hall–Kier alpha value is -2.33. The Kier molecular flexibility index (Phi) is 3.88. The van der Waals surface area contributed by atoms with Gasteiger partial charge in [-0.05, 0) is 24.3 Å². The van der Waals surface area contributed by atoms with Crippen LogP contribution in [0.25, 0.3) is 11.0 Å². The van der Waals surface area contributed by atoms with Crippen molar-refractivity contribution in [1.29, 1.82) is 0 Å². The lowest BCUT2D eigenvalue weighted by Gasteiger charge is -2.08. The first-order chi connectivity index (χ1) is 10.3. The van der Waals surface area contributed by atoms with Crippen LogP contribution in [-0.2, 0) is 6.54 Å². The smallest absolute Gasteiger partial charge is 0.252 e. The highest BCUT2D eigenvalue weighted by molar-refractivity contribution is 6.33. The summed E-state index contributed by atoms with van der Waals surface area (Å²) in [5, 5.41) is 3.33. The lowest BCUT2D eigenvalue weighted by molar-refractivity contribution is 0.0952. The fourth-order valence-electron chi connectivity index (χ4n) is 2.22. The average Bonchev–Trinajstić information content (AvgIpc) is 2.91. The summed E-state index contributed by atoms with van der Waals surface area (Å²) in [6.07, 6.45) is 1.78. The zero-order chi connectivity index (χ0) is 14.7. The van der Waals surface area contributed by atoms with E-state index in [0.29, 0.717) is 23.7 Å². The van der Waals surface area contributed by atoms with Crippen LogP contribution in [0.3, 0.4) is 0 Å². The highest BCUT2D eigenvalue weighted by atomic mass is 35.5. The fraction of sp³-hybridized carbons (Fsp3) is 0.125. The number of hydrogen-bond acceptors (Lipinski definition) is 2. The second-order valence-electron chi connectivity index (χ2n) is 4.66. The minimum absolute atomic E-state index is 0.162. The van der Waals surface area contributed by atoms with E-state index in [0.717, 1.165) is 11.0 Å². The number of para-hydroxylation sites is 2. The van der Waals surface area contributed by atoms with Crippen LogP contribution >= 0.6 is 11.6 Å². The molecule has 0 spiro atoms. The number of nitrogens with zero attached hydrogens (tertiary/aromatic N) is 2. The molecule has 3 aromatic rings. The second-order valence-corrected chi connectivity index (χ2v) is 5.07. The van der Waals surface area contributed by atoms with Gasteiger partial charge in [0.25, 0.3) is 5.91 Å². The lowest BCUT2D eigenvalue weighted by atomic mass is 10.2. The third-order valence-electron chi connectivity index (χ3n) is 3.28. The van der Waals surface area contributed by atoms with E-state index in [1.807, 2.05) is 28.8 Å². The van der Waals surface area contributed by atoms with Gasteiger partial charge in [0.15, 0.2) is 0 Å². The van der Waals surface area contributed by atoms with Gasteiger partial charge in [-0.15, -0.1) is 0 Å². The molecule has 0 aliphatic carbocycles. The maximum absolute atomic E-state index is 12.0. The number of amides is 1. The molecular formula is C16H14ClN3O. The van der Waals surface area contributed by atoms with E-state index in [2.05, 4.69) is 10.3 Å². The molecule has 1 amide bonds. The molecule has 3 rings (SSSR count). The first-order valence-electron chi connectivity index (χ1n) is 6.68. The monoisotopic (exact) mass is 299 g/mol. The van der Waals surface area contributed by atoms with E-state index in [-0.39, 0.29) is 5.91 Å². The molecule has 1 heterocycles. The van der Waals surface area contributed by atoms with Crippen molar-refractivity contribution in [2.45, 2.75) is 6.54 Å². The maximum atomic E-state index is 12.0. The number of halogens is 1. The molecule has 0 bridgehead atoms. The molecule has 21 heavy (non-hydrogen) atoms. The van der Waals surface area contributed by atoms with Crippen molar-refractivity contribution < 1.29 is 4.79 Å². The van der Waals surface area contributed by atoms with Gasteiger partial charge >= 0.3 is 0 Å². The second kappa shape index (κ2) is 5.97. The standard InChI is InChI=1S/C16H14ClN3O/c17-13-6-2-1-5-12(13)16(21)18-9-10-20-11-19-14-7-3-4-8-15(14)20/h1-8,11H,9-10H2,(H,18,21). The van der Waals surface area contributed by atoms with Gasteiger partial charge in [0.05, 0.1) is 27.9 Å². The van der Waals surface area contributed by atoms with Gasteiger partial charge in [-0.1, -0.05) is 35.9 Å². The Bertz CT molecular complexity index is 782. The van der Waals surface area contributed by atoms with Crippen molar-refractivity contribution in [1.82, 2.24) is 14.9 Å². The molecule has 2 aromatic carbocycles. The van der Waals surface area contributed by atoms with E-state index < -0.39 is 0 Å². The van der Waals surface area contributed by atoms with Crippen LogP contribution in [0.15, 0.2) is 54.9 Å². The Balaban J connectivity index is 1.64. The van der Waals surface area contributed by atoms with Crippen molar-refractivity contribution in [3.63, 3.8) is 0 Å². The van der Waals surface area contributed by atoms with Crippen LogP contribution in [-0.4, -0.2) is 22.0 Å². The normalized spacial score (nSPS) is 10.7. The predicted molar refractivity (Wildman–Crippen MR) is 83.5 cm³/mol.